The first-order valence-corrected chi connectivity index (χ1v) is 6.74. The van der Waals surface area contributed by atoms with E-state index in [9.17, 15) is 10.1 Å². The van der Waals surface area contributed by atoms with Crippen LogP contribution in [0.2, 0.25) is 0 Å². The molecule has 0 atom stereocenters. The second-order valence-corrected chi connectivity index (χ2v) is 4.45. The van der Waals surface area contributed by atoms with Gasteiger partial charge in [0.2, 0.25) is 0 Å². The molecule has 0 spiro atoms. The van der Waals surface area contributed by atoms with Gasteiger partial charge in [0.05, 0.1) is 17.1 Å². The molecular weight excluding hydrogens is 244 g/mol. The molecule has 2 N–H and O–H groups in total. The number of nitrogens with one attached hydrogen (secondary N) is 2. The minimum absolute atomic E-state index is 0.0537. The third-order valence-electron chi connectivity index (χ3n) is 3.11. The highest BCUT2D eigenvalue weighted by molar-refractivity contribution is 5.54. The van der Waals surface area contributed by atoms with Crippen molar-refractivity contribution < 1.29 is 4.92 Å². The summed E-state index contributed by atoms with van der Waals surface area (Å²) < 4.78 is 0. The summed E-state index contributed by atoms with van der Waals surface area (Å²) in [6, 6.07) is 2.93. The molecule has 1 rings (SSSR count). The number of hydrogen-bond donors (Lipinski definition) is 2. The van der Waals surface area contributed by atoms with Crippen LogP contribution in [0.15, 0.2) is 12.1 Å². The zero-order valence-electron chi connectivity index (χ0n) is 11.8. The van der Waals surface area contributed by atoms with E-state index in [2.05, 4.69) is 29.5 Å². The van der Waals surface area contributed by atoms with E-state index in [1.54, 1.807) is 0 Å². The van der Waals surface area contributed by atoms with Crippen LogP contribution in [0, 0.1) is 16.0 Å². The van der Waals surface area contributed by atoms with Gasteiger partial charge in [-0.25, -0.2) is 4.98 Å². The second-order valence-electron chi connectivity index (χ2n) is 4.45. The summed E-state index contributed by atoms with van der Waals surface area (Å²) in [6.07, 6.45) is 2.16. The van der Waals surface area contributed by atoms with Gasteiger partial charge >= 0.3 is 0 Å². The number of anilines is 2. The topological polar surface area (TPSA) is 80.1 Å². The molecule has 0 aliphatic rings. The van der Waals surface area contributed by atoms with Gasteiger partial charge in [-0.3, -0.25) is 10.1 Å². The van der Waals surface area contributed by atoms with Crippen molar-refractivity contribution in [3.63, 3.8) is 0 Å². The second kappa shape index (κ2) is 7.56. The predicted octanol–water partition coefficient (Wildman–Crippen LogP) is 3.27. The molecular formula is C13H22N4O2. The summed E-state index contributed by atoms with van der Waals surface area (Å²) in [4.78, 5) is 14.8. The highest BCUT2D eigenvalue weighted by Crippen LogP contribution is 2.21. The van der Waals surface area contributed by atoms with E-state index in [0.717, 1.165) is 19.4 Å². The van der Waals surface area contributed by atoms with E-state index in [4.69, 9.17) is 0 Å². The monoisotopic (exact) mass is 266 g/mol. The van der Waals surface area contributed by atoms with Crippen LogP contribution in [0.1, 0.15) is 33.6 Å². The third kappa shape index (κ3) is 4.73. The van der Waals surface area contributed by atoms with E-state index in [1.165, 1.54) is 12.1 Å². The Hall–Kier alpha value is -1.85. The smallest absolute Gasteiger partial charge is 0.276 e. The number of nitro groups is 1. The molecule has 0 saturated carbocycles. The largest absolute Gasteiger partial charge is 0.370 e. The average molecular weight is 266 g/mol. The van der Waals surface area contributed by atoms with Crippen molar-refractivity contribution in [1.82, 2.24) is 4.98 Å². The van der Waals surface area contributed by atoms with Crippen molar-refractivity contribution in [2.24, 2.45) is 5.92 Å². The molecule has 106 valence electrons. The van der Waals surface area contributed by atoms with Crippen molar-refractivity contribution in [3.8, 4) is 0 Å². The van der Waals surface area contributed by atoms with Gasteiger partial charge < -0.3 is 10.6 Å². The number of aromatic nitrogens is 1. The van der Waals surface area contributed by atoms with Crippen LogP contribution >= 0.6 is 0 Å². The van der Waals surface area contributed by atoms with Crippen molar-refractivity contribution >= 4 is 17.3 Å². The van der Waals surface area contributed by atoms with E-state index in [0.29, 0.717) is 24.1 Å². The van der Waals surface area contributed by atoms with Crippen LogP contribution in [-0.2, 0) is 0 Å². The van der Waals surface area contributed by atoms with Gasteiger partial charge in [0, 0.05) is 13.1 Å². The molecule has 0 unspecified atom stereocenters. The van der Waals surface area contributed by atoms with Crippen molar-refractivity contribution in [2.45, 2.75) is 33.6 Å². The summed E-state index contributed by atoms with van der Waals surface area (Å²) >= 11 is 0. The lowest BCUT2D eigenvalue weighted by atomic mass is 10.0. The van der Waals surface area contributed by atoms with Crippen molar-refractivity contribution in [3.05, 3.63) is 22.2 Å². The van der Waals surface area contributed by atoms with Gasteiger partial charge in [0.1, 0.15) is 11.6 Å². The summed E-state index contributed by atoms with van der Waals surface area (Å²) in [5.74, 6) is 1.64. The predicted molar refractivity (Wildman–Crippen MR) is 77.6 cm³/mol. The number of hydrogen-bond acceptors (Lipinski definition) is 5. The molecule has 0 aliphatic heterocycles. The molecule has 0 amide bonds. The maximum Gasteiger partial charge on any atom is 0.276 e. The van der Waals surface area contributed by atoms with Crippen LogP contribution in [0.25, 0.3) is 0 Å². The van der Waals surface area contributed by atoms with Gasteiger partial charge in [-0.1, -0.05) is 26.7 Å². The maximum atomic E-state index is 10.9. The van der Waals surface area contributed by atoms with Crippen LogP contribution in [0.5, 0.6) is 0 Å². The molecule has 1 heterocycles. The van der Waals surface area contributed by atoms with Crippen LogP contribution in [-0.4, -0.2) is 23.0 Å². The number of nitrogens with zero attached hydrogens (tertiary/aromatic N) is 2. The zero-order valence-corrected chi connectivity index (χ0v) is 11.8. The summed E-state index contributed by atoms with van der Waals surface area (Å²) in [5.41, 5.74) is 0.0537. The van der Waals surface area contributed by atoms with Crippen LogP contribution in [0.4, 0.5) is 17.3 Å². The minimum Gasteiger partial charge on any atom is -0.370 e. The van der Waals surface area contributed by atoms with Crippen LogP contribution < -0.4 is 10.6 Å². The third-order valence-corrected chi connectivity index (χ3v) is 3.11. The molecule has 1 aromatic rings. The fourth-order valence-electron chi connectivity index (χ4n) is 1.81. The summed E-state index contributed by atoms with van der Waals surface area (Å²) in [6.45, 7) is 7.67. The first-order valence-electron chi connectivity index (χ1n) is 6.74. The Balaban J connectivity index is 2.83. The highest BCUT2D eigenvalue weighted by Gasteiger charge is 2.11. The van der Waals surface area contributed by atoms with E-state index >= 15 is 0 Å². The molecule has 0 aromatic carbocycles. The summed E-state index contributed by atoms with van der Waals surface area (Å²) in [5, 5.41) is 17.1. The number of rotatable bonds is 8. The molecule has 0 fully saturated rings. The minimum atomic E-state index is -0.398. The van der Waals surface area contributed by atoms with Gasteiger partial charge in [-0.05, 0) is 12.8 Å². The first kappa shape index (κ1) is 15.2. The van der Waals surface area contributed by atoms with Gasteiger partial charge in [0.25, 0.3) is 5.69 Å². The molecule has 6 heteroatoms. The molecule has 1 aromatic heterocycles. The lowest BCUT2D eigenvalue weighted by Gasteiger charge is -2.14. The van der Waals surface area contributed by atoms with E-state index in [1.807, 2.05) is 6.92 Å². The Morgan fingerprint density at radius 1 is 1.21 bits per heavy atom. The molecule has 0 aliphatic carbocycles. The Morgan fingerprint density at radius 2 is 1.79 bits per heavy atom. The fraction of sp³-hybridized carbons (Fsp3) is 0.615. The standard InChI is InChI=1S/C13H22N4O2/c1-4-10(5-2)9-15-13-8-11(17(18)19)7-12(16-13)14-6-3/h7-8,10H,4-6,9H2,1-3H3,(H2,14,15,16). The normalized spacial score (nSPS) is 10.5. The van der Waals surface area contributed by atoms with E-state index < -0.39 is 4.92 Å². The Bertz CT molecular complexity index is 419. The lowest BCUT2D eigenvalue weighted by molar-refractivity contribution is -0.384. The fourth-order valence-corrected chi connectivity index (χ4v) is 1.81. The average Bonchev–Trinajstić information content (AvgIpc) is 2.40. The lowest BCUT2D eigenvalue weighted by Crippen LogP contribution is -2.14. The molecule has 6 nitrogen and oxygen atoms in total. The first-order chi connectivity index (χ1) is 9.10. The van der Waals surface area contributed by atoms with Crippen molar-refractivity contribution in [2.75, 3.05) is 23.7 Å². The van der Waals surface area contributed by atoms with Crippen molar-refractivity contribution in [1.29, 1.82) is 0 Å². The molecule has 0 saturated heterocycles. The quantitative estimate of drug-likeness (QED) is 0.557. The molecule has 0 radical (unpaired) electrons. The number of pyridine rings is 1. The molecule has 19 heavy (non-hydrogen) atoms. The maximum absolute atomic E-state index is 10.9. The van der Waals surface area contributed by atoms with E-state index in [-0.39, 0.29) is 5.69 Å². The van der Waals surface area contributed by atoms with Gasteiger partial charge in [-0.2, -0.15) is 0 Å². The van der Waals surface area contributed by atoms with Gasteiger partial charge in [-0.15, -0.1) is 0 Å². The Morgan fingerprint density at radius 3 is 2.26 bits per heavy atom. The summed E-state index contributed by atoms with van der Waals surface area (Å²) in [7, 11) is 0. The molecule has 0 bridgehead atoms. The Labute approximate surface area is 113 Å². The Kier molecular flexibility index (Phi) is 6.05. The highest BCUT2D eigenvalue weighted by atomic mass is 16.6. The van der Waals surface area contributed by atoms with Gasteiger partial charge in [0.15, 0.2) is 0 Å². The SMILES string of the molecule is CCNc1cc([N+](=O)[O-])cc(NCC(CC)CC)n1. The van der Waals surface area contributed by atoms with Crippen LogP contribution in [0.3, 0.4) is 0 Å². The zero-order chi connectivity index (χ0) is 14.3.